The number of hydrogen-bond acceptors (Lipinski definition) is 2. The van der Waals surface area contributed by atoms with Gasteiger partial charge in [0.25, 0.3) is 0 Å². The topological polar surface area (TPSA) is 18.5 Å². The second-order valence-electron chi connectivity index (χ2n) is 11.9. The summed E-state index contributed by atoms with van der Waals surface area (Å²) < 4.78 is 105. The van der Waals surface area contributed by atoms with Gasteiger partial charge in [0, 0.05) is 5.56 Å². The summed E-state index contributed by atoms with van der Waals surface area (Å²) in [5.41, 5.74) is 1.72. The lowest BCUT2D eigenvalue weighted by molar-refractivity contribution is -0.274. The summed E-state index contributed by atoms with van der Waals surface area (Å²) in [4.78, 5) is 0. The first-order valence-electron chi connectivity index (χ1n) is 15.5. The number of halogens is 7. The highest BCUT2D eigenvalue weighted by Crippen LogP contribution is 2.39. The van der Waals surface area contributed by atoms with Crippen molar-refractivity contribution in [3.05, 3.63) is 108 Å². The van der Waals surface area contributed by atoms with Crippen molar-refractivity contribution in [1.82, 2.24) is 0 Å². The van der Waals surface area contributed by atoms with Gasteiger partial charge < -0.3 is 9.47 Å². The minimum Gasteiger partial charge on any atom is -0.429 e. The first-order valence-corrected chi connectivity index (χ1v) is 15.5. The highest BCUT2D eigenvalue weighted by Gasteiger charge is 2.38. The van der Waals surface area contributed by atoms with E-state index in [4.69, 9.17) is 0 Å². The van der Waals surface area contributed by atoms with Crippen molar-refractivity contribution in [2.45, 2.75) is 76.7 Å². The molecule has 0 saturated heterocycles. The average molecular weight is 645 g/mol. The molecule has 0 aliphatic heterocycles. The molecule has 0 heterocycles. The molecule has 1 saturated carbocycles. The Morgan fingerprint density at radius 1 is 0.630 bits per heavy atom. The number of benzene rings is 4. The lowest BCUT2D eigenvalue weighted by Crippen LogP contribution is -2.23. The van der Waals surface area contributed by atoms with Crippen molar-refractivity contribution in [3.8, 4) is 33.8 Å². The van der Waals surface area contributed by atoms with Crippen LogP contribution in [0, 0.1) is 17.6 Å². The van der Waals surface area contributed by atoms with Crippen molar-refractivity contribution in [3.63, 3.8) is 0 Å². The minimum atomic E-state index is -4.95. The second kappa shape index (κ2) is 14.2. The molecule has 4 aromatic carbocycles. The number of hydrogen-bond donors (Lipinski definition) is 0. The third kappa shape index (κ3) is 8.42. The molecule has 1 aliphatic carbocycles. The van der Waals surface area contributed by atoms with Crippen LogP contribution in [-0.4, -0.2) is 6.36 Å². The molecule has 5 rings (SSSR count). The standard InChI is InChI=1S/C37H35F7O2/c1-2-3-4-5-24-6-8-25(9-7-24)26-10-12-27(13-11-26)28-14-20-32(34(38)22-28)29-15-21-33(35(39)23-29)36(40,41)45-30-16-18-31(19-17-30)46-37(42,43)44/h10-25H,2-9H2,1H3. The van der Waals surface area contributed by atoms with Crippen LogP contribution in [0.25, 0.3) is 22.3 Å². The fourth-order valence-corrected chi connectivity index (χ4v) is 6.18. The van der Waals surface area contributed by atoms with Crippen LogP contribution in [0.2, 0.25) is 0 Å². The van der Waals surface area contributed by atoms with Crippen LogP contribution in [0.3, 0.4) is 0 Å². The maximum Gasteiger partial charge on any atom is 0.573 e. The molecule has 46 heavy (non-hydrogen) atoms. The van der Waals surface area contributed by atoms with Gasteiger partial charge in [0.1, 0.15) is 23.1 Å². The molecule has 4 aromatic rings. The van der Waals surface area contributed by atoms with Crippen LogP contribution in [0.4, 0.5) is 30.7 Å². The zero-order valence-corrected chi connectivity index (χ0v) is 25.4. The predicted octanol–water partition coefficient (Wildman–Crippen LogP) is 12.2. The Balaban J connectivity index is 1.23. The van der Waals surface area contributed by atoms with E-state index >= 15 is 4.39 Å². The van der Waals surface area contributed by atoms with E-state index in [9.17, 15) is 26.3 Å². The Kier molecular flexibility index (Phi) is 10.3. The smallest absolute Gasteiger partial charge is 0.429 e. The zero-order chi connectivity index (χ0) is 32.9. The number of rotatable bonds is 11. The van der Waals surface area contributed by atoms with Crippen LogP contribution >= 0.6 is 0 Å². The maximum atomic E-state index is 15.3. The average Bonchev–Trinajstić information content (AvgIpc) is 3.01. The molecule has 9 heteroatoms. The minimum absolute atomic E-state index is 0.0333. The molecule has 0 amide bonds. The Bertz CT molecular complexity index is 1590. The van der Waals surface area contributed by atoms with Gasteiger partial charge in [-0.15, -0.1) is 13.2 Å². The van der Waals surface area contributed by atoms with Crippen LogP contribution in [0.1, 0.15) is 75.3 Å². The van der Waals surface area contributed by atoms with Gasteiger partial charge in [-0.1, -0.05) is 75.1 Å². The molecule has 0 radical (unpaired) electrons. The molecular weight excluding hydrogens is 609 g/mol. The molecule has 1 fully saturated rings. The lowest BCUT2D eigenvalue weighted by atomic mass is 9.77. The van der Waals surface area contributed by atoms with Crippen LogP contribution in [0.15, 0.2) is 84.9 Å². The normalized spacial score (nSPS) is 17.1. The summed E-state index contributed by atoms with van der Waals surface area (Å²) in [7, 11) is 0. The molecule has 0 spiro atoms. The van der Waals surface area contributed by atoms with Crippen molar-refractivity contribution >= 4 is 0 Å². The molecule has 0 unspecified atom stereocenters. The van der Waals surface area contributed by atoms with E-state index in [-0.39, 0.29) is 11.1 Å². The van der Waals surface area contributed by atoms with Gasteiger partial charge in [0.05, 0.1) is 5.56 Å². The summed E-state index contributed by atoms with van der Waals surface area (Å²) in [5, 5.41) is 0. The van der Waals surface area contributed by atoms with Gasteiger partial charge in [-0.2, -0.15) is 8.78 Å². The summed E-state index contributed by atoms with van der Waals surface area (Å²) in [5.74, 6) is -1.76. The van der Waals surface area contributed by atoms with E-state index in [2.05, 4.69) is 28.5 Å². The number of alkyl halides is 5. The first-order chi connectivity index (χ1) is 21.9. The van der Waals surface area contributed by atoms with Gasteiger partial charge in [-0.05, 0) is 102 Å². The Morgan fingerprint density at radius 2 is 1.22 bits per heavy atom. The van der Waals surface area contributed by atoms with Crippen LogP contribution in [-0.2, 0) is 6.11 Å². The third-order valence-electron chi connectivity index (χ3n) is 8.64. The van der Waals surface area contributed by atoms with Crippen molar-refractivity contribution in [1.29, 1.82) is 0 Å². The monoisotopic (exact) mass is 644 g/mol. The fraction of sp³-hybridized carbons (Fsp3) is 0.351. The highest BCUT2D eigenvalue weighted by atomic mass is 19.4. The van der Waals surface area contributed by atoms with Gasteiger partial charge in [-0.3, -0.25) is 0 Å². The van der Waals surface area contributed by atoms with Gasteiger partial charge >= 0.3 is 12.5 Å². The van der Waals surface area contributed by atoms with Crippen LogP contribution < -0.4 is 9.47 Å². The molecule has 2 nitrogen and oxygen atoms in total. The fourth-order valence-electron chi connectivity index (χ4n) is 6.18. The maximum absolute atomic E-state index is 15.3. The van der Waals surface area contributed by atoms with E-state index in [1.54, 1.807) is 6.07 Å². The predicted molar refractivity (Wildman–Crippen MR) is 164 cm³/mol. The molecule has 1 aliphatic rings. The highest BCUT2D eigenvalue weighted by molar-refractivity contribution is 5.71. The summed E-state index contributed by atoms with van der Waals surface area (Å²) in [6.07, 6.45) is 0.942. The third-order valence-corrected chi connectivity index (χ3v) is 8.64. The quantitative estimate of drug-likeness (QED) is 0.119. The molecule has 0 aromatic heterocycles. The number of ether oxygens (including phenoxy) is 2. The van der Waals surface area contributed by atoms with E-state index in [0.717, 1.165) is 53.9 Å². The van der Waals surface area contributed by atoms with Crippen LogP contribution in [0.5, 0.6) is 11.5 Å². The number of unbranched alkanes of at least 4 members (excludes halogenated alkanes) is 2. The van der Waals surface area contributed by atoms with E-state index in [1.807, 2.05) is 12.1 Å². The Hall–Kier alpha value is -4.01. The molecular formula is C37H35F7O2. The van der Waals surface area contributed by atoms with Crippen molar-refractivity contribution < 1.29 is 40.2 Å². The van der Waals surface area contributed by atoms with E-state index < -0.39 is 41.2 Å². The first kappa shape index (κ1) is 33.4. The second-order valence-corrected chi connectivity index (χ2v) is 11.9. The van der Waals surface area contributed by atoms with Gasteiger partial charge in [0.15, 0.2) is 0 Å². The molecule has 0 bridgehead atoms. The molecule has 0 atom stereocenters. The summed E-state index contributed by atoms with van der Waals surface area (Å²) in [6, 6.07) is 18.7. The van der Waals surface area contributed by atoms with Gasteiger partial charge in [0.2, 0.25) is 0 Å². The summed E-state index contributed by atoms with van der Waals surface area (Å²) in [6.45, 7) is 2.23. The Morgan fingerprint density at radius 3 is 1.80 bits per heavy atom. The van der Waals surface area contributed by atoms with E-state index in [1.165, 1.54) is 69.1 Å². The zero-order valence-electron chi connectivity index (χ0n) is 25.4. The van der Waals surface area contributed by atoms with Crippen molar-refractivity contribution in [2.75, 3.05) is 0 Å². The Labute approximate surface area is 264 Å². The lowest BCUT2D eigenvalue weighted by Gasteiger charge is -2.29. The van der Waals surface area contributed by atoms with E-state index in [0.29, 0.717) is 11.5 Å². The SMILES string of the molecule is CCCCCC1CCC(c2ccc(-c3ccc(-c4ccc(C(F)(F)Oc5ccc(OC(F)(F)F)cc5)c(F)c4)c(F)c3)cc2)CC1. The van der Waals surface area contributed by atoms with Gasteiger partial charge in [-0.25, -0.2) is 8.78 Å². The molecule has 0 N–H and O–H groups in total. The summed E-state index contributed by atoms with van der Waals surface area (Å²) >= 11 is 0. The largest absolute Gasteiger partial charge is 0.573 e. The molecule has 244 valence electrons. The van der Waals surface area contributed by atoms with Crippen molar-refractivity contribution in [2.24, 2.45) is 5.92 Å².